The van der Waals surface area contributed by atoms with E-state index in [0.717, 1.165) is 34.2 Å². The fourth-order valence-electron chi connectivity index (χ4n) is 6.13. The number of aryl methyl sites for hydroxylation is 1. The highest BCUT2D eigenvalue weighted by Gasteiger charge is 2.35. The van der Waals surface area contributed by atoms with Crippen molar-refractivity contribution in [3.8, 4) is 11.1 Å². The molecule has 0 heterocycles. The Morgan fingerprint density at radius 3 is 2.04 bits per heavy atom. The summed E-state index contributed by atoms with van der Waals surface area (Å²) in [6.07, 6.45) is 1.42. The van der Waals surface area contributed by atoms with E-state index in [0.29, 0.717) is 41.8 Å². The van der Waals surface area contributed by atoms with Crippen LogP contribution in [-0.4, -0.2) is 43.5 Å². The summed E-state index contributed by atoms with van der Waals surface area (Å²) in [5.74, 6) is -1.81. The fourth-order valence-corrected chi connectivity index (χ4v) is 6.13. The summed E-state index contributed by atoms with van der Waals surface area (Å²) in [5.41, 5.74) is 6.75. The second-order valence-electron chi connectivity index (χ2n) is 12.6. The largest absolute Gasteiger partial charge is 0.466 e. The topological polar surface area (TPSA) is 84.5 Å². The lowest BCUT2D eigenvalue weighted by Crippen LogP contribution is -2.36. The first-order chi connectivity index (χ1) is 25.9. The van der Waals surface area contributed by atoms with Gasteiger partial charge in [0.25, 0.3) is 12.3 Å². The summed E-state index contributed by atoms with van der Waals surface area (Å²) < 4.78 is 68.0. The SMILES string of the molecule is CCCOC(=O)CCc1ccc(NC(=O)c2ccccc2C2=CC=C(C(F)F)CC=C2)cc1.O=C(NCC(F)(F)F)C1c2ccccc2-c2ccccc21. The first kappa shape index (κ1) is 39.4. The number of benzene rings is 4. The van der Waals surface area contributed by atoms with Crippen LogP contribution in [0.4, 0.5) is 27.6 Å². The monoisotopic (exact) mass is 742 g/mol. The number of nitrogens with one attached hydrogen (secondary N) is 2. The molecule has 2 N–H and O–H groups in total. The third kappa shape index (κ3) is 10.4. The number of amides is 2. The number of hydrogen-bond acceptors (Lipinski definition) is 4. The highest BCUT2D eigenvalue weighted by Crippen LogP contribution is 2.44. The molecule has 0 saturated carbocycles. The quantitative estimate of drug-likeness (QED) is 0.118. The van der Waals surface area contributed by atoms with E-state index < -0.39 is 31.0 Å². The molecule has 0 aromatic heterocycles. The summed E-state index contributed by atoms with van der Waals surface area (Å²) in [5, 5.41) is 4.87. The fraction of sp³-hybridized carbons (Fsp3) is 0.233. The summed E-state index contributed by atoms with van der Waals surface area (Å²) in [4.78, 5) is 36.8. The normalized spacial score (nSPS) is 13.4. The van der Waals surface area contributed by atoms with Crippen molar-refractivity contribution in [2.45, 2.75) is 51.1 Å². The maximum absolute atomic E-state index is 13.0. The van der Waals surface area contributed by atoms with Crippen LogP contribution >= 0.6 is 0 Å². The van der Waals surface area contributed by atoms with Gasteiger partial charge in [-0.1, -0.05) is 110 Å². The number of ether oxygens (including phenoxy) is 1. The predicted octanol–water partition coefficient (Wildman–Crippen LogP) is 9.84. The molecule has 11 heteroatoms. The number of esters is 1. The molecule has 0 aliphatic heterocycles. The lowest BCUT2D eigenvalue weighted by Gasteiger charge is -2.15. The predicted molar refractivity (Wildman–Crippen MR) is 199 cm³/mol. The Balaban J connectivity index is 0.000000228. The minimum Gasteiger partial charge on any atom is -0.466 e. The van der Waals surface area contributed by atoms with E-state index in [1.165, 1.54) is 6.08 Å². The van der Waals surface area contributed by atoms with Gasteiger partial charge in [0.2, 0.25) is 5.91 Å². The van der Waals surface area contributed by atoms with Crippen molar-refractivity contribution in [1.82, 2.24) is 5.32 Å². The minimum absolute atomic E-state index is 0.0434. The van der Waals surface area contributed by atoms with Gasteiger partial charge < -0.3 is 15.4 Å². The van der Waals surface area contributed by atoms with Gasteiger partial charge in [0, 0.05) is 17.7 Å². The second-order valence-corrected chi connectivity index (χ2v) is 12.6. The van der Waals surface area contributed by atoms with Crippen LogP contribution in [0.25, 0.3) is 16.7 Å². The number of fused-ring (bicyclic) bond motifs is 3. The molecule has 2 aliphatic carbocycles. The lowest BCUT2D eigenvalue weighted by atomic mass is 9.96. The number of rotatable bonds is 11. The molecule has 4 aromatic rings. The number of anilines is 1. The molecule has 0 fully saturated rings. The van der Waals surface area contributed by atoms with Crippen molar-refractivity contribution in [3.63, 3.8) is 0 Å². The molecule has 2 amide bonds. The van der Waals surface area contributed by atoms with Crippen molar-refractivity contribution in [2.24, 2.45) is 0 Å². The van der Waals surface area contributed by atoms with Crippen LogP contribution < -0.4 is 10.6 Å². The zero-order chi connectivity index (χ0) is 38.7. The molecule has 6 nitrogen and oxygen atoms in total. The molecular formula is C43H39F5N2O4. The Bertz CT molecular complexity index is 2010. The first-order valence-electron chi connectivity index (χ1n) is 17.5. The van der Waals surface area contributed by atoms with Crippen molar-refractivity contribution in [1.29, 1.82) is 0 Å². The highest BCUT2D eigenvalue weighted by atomic mass is 19.4. The van der Waals surface area contributed by atoms with Gasteiger partial charge in [-0.15, -0.1) is 0 Å². The van der Waals surface area contributed by atoms with E-state index in [9.17, 15) is 36.3 Å². The molecule has 0 unspecified atom stereocenters. The Kier molecular flexibility index (Phi) is 13.3. The maximum Gasteiger partial charge on any atom is 0.405 e. The van der Waals surface area contributed by atoms with Gasteiger partial charge in [-0.3, -0.25) is 14.4 Å². The molecule has 2 aliphatic rings. The van der Waals surface area contributed by atoms with Crippen molar-refractivity contribution >= 4 is 29.0 Å². The Hall–Kier alpha value is -5.84. The lowest BCUT2D eigenvalue weighted by molar-refractivity contribution is -0.143. The Morgan fingerprint density at radius 1 is 0.815 bits per heavy atom. The second kappa shape index (κ2) is 18.3. The van der Waals surface area contributed by atoms with E-state index >= 15 is 0 Å². The zero-order valence-corrected chi connectivity index (χ0v) is 29.5. The number of allylic oxidation sites excluding steroid dienone is 6. The van der Waals surface area contributed by atoms with Gasteiger partial charge in [-0.25, -0.2) is 8.78 Å². The average molecular weight is 743 g/mol. The molecule has 280 valence electrons. The van der Waals surface area contributed by atoms with Crippen LogP contribution in [0.5, 0.6) is 0 Å². The van der Waals surface area contributed by atoms with Crippen LogP contribution in [0, 0.1) is 0 Å². The van der Waals surface area contributed by atoms with Crippen LogP contribution in [0.2, 0.25) is 0 Å². The maximum atomic E-state index is 13.0. The molecular weight excluding hydrogens is 703 g/mol. The van der Waals surface area contributed by atoms with E-state index in [1.807, 2.05) is 54.7 Å². The first-order valence-corrected chi connectivity index (χ1v) is 17.5. The van der Waals surface area contributed by atoms with Gasteiger partial charge in [0.05, 0.1) is 12.5 Å². The minimum atomic E-state index is -4.41. The van der Waals surface area contributed by atoms with Gasteiger partial charge in [-0.2, -0.15) is 13.2 Å². The van der Waals surface area contributed by atoms with E-state index in [2.05, 4.69) is 5.32 Å². The Labute approximate surface area is 310 Å². The number of carbonyl (C=O) groups excluding carboxylic acids is 3. The number of carbonyl (C=O) groups is 3. The van der Waals surface area contributed by atoms with E-state index in [1.54, 1.807) is 72.8 Å². The molecule has 4 aromatic carbocycles. The third-order valence-corrected chi connectivity index (χ3v) is 8.75. The summed E-state index contributed by atoms with van der Waals surface area (Å²) in [7, 11) is 0. The van der Waals surface area contributed by atoms with Crippen LogP contribution in [0.3, 0.4) is 0 Å². The smallest absolute Gasteiger partial charge is 0.405 e. The zero-order valence-electron chi connectivity index (χ0n) is 29.5. The van der Waals surface area contributed by atoms with Gasteiger partial charge in [0.1, 0.15) is 6.54 Å². The molecule has 54 heavy (non-hydrogen) atoms. The summed E-state index contributed by atoms with van der Waals surface area (Å²) in [6, 6.07) is 29.0. The number of halogens is 5. The van der Waals surface area contributed by atoms with Crippen LogP contribution in [0.1, 0.15) is 64.7 Å². The van der Waals surface area contributed by atoms with Crippen molar-refractivity contribution < 1.29 is 41.1 Å². The van der Waals surface area contributed by atoms with Crippen LogP contribution in [-0.2, 0) is 20.7 Å². The van der Waals surface area contributed by atoms with Crippen molar-refractivity contribution in [3.05, 3.63) is 155 Å². The average Bonchev–Trinajstić information content (AvgIpc) is 3.30. The molecule has 0 radical (unpaired) electrons. The highest BCUT2D eigenvalue weighted by molar-refractivity contribution is 6.08. The Morgan fingerprint density at radius 2 is 1.43 bits per heavy atom. The van der Waals surface area contributed by atoms with Crippen LogP contribution in [0.15, 0.2) is 127 Å². The number of alkyl halides is 5. The molecule has 0 spiro atoms. The molecule has 6 rings (SSSR count). The molecule has 0 saturated heterocycles. The summed E-state index contributed by atoms with van der Waals surface area (Å²) in [6.45, 7) is 1.07. The number of hydrogen-bond donors (Lipinski definition) is 2. The van der Waals surface area contributed by atoms with Gasteiger partial charge in [-0.05, 0) is 82.0 Å². The van der Waals surface area contributed by atoms with Gasteiger partial charge in [0.15, 0.2) is 0 Å². The van der Waals surface area contributed by atoms with E-state index in [4.69, 9.17) is 4.74 Å². The van der Waals surface area contributed by atoms with Crippen molar-refractivity contribution in [2.75, 3.05) is 18.5 Å². The molecule has 0 bridgehead atoms. The van der Waals surface area contributed by atoms with Gasteiger partial charge >= 0.3 is 12.1 Å². The molecule has 0 atom stereocenters. The summed E-state index contributed by atoms with van der Waals surface area (Å²) >= 11 is 0. The van der Waals surface area contributed by atoms with E-state index in [-0.39, 0.29) is 23.9 Å². The third-order valence-electron chi connectivity index (χ3n) is 8.75. The standard InChI is InChI=1S/C27H27F2NO3.C16H12F3NO/c1-2-18-33-25(31)17-12-19-10-15-22(16-11-19)30-27(32)24-9-4-3-8-23(24)20-6-5-7-21(14-13-20)26(28)29;17-16(18,19)9-20-15(21)14-12-7-3-1-5-10(12)11-6-2-4-8-13(11)14/h3-6,8-11,13-16,26H,2,7,12,17-18H2,1H3,(H,30,32);1-8,14H,9H2,(H,20,21).